The first-order valence-electron chi connectivity index (χ1n) is 10.7. The van der Waals surface area contributed by atoms with Crippen molar-refractivity contribution in [3.8, 4) is 0 Å². The van der Waals surface area contributed by atoms with E-state index in [1.165, 1.54) is 5.56 Å². The first-order chi connectivity index (χ1) is 14.6. The number of piperidine rings is 1. The maximum atomic E-state index is 13.0. The Morgan fingerprint density at radius 3 is 2.57 bits per heavy atom. The number of amides is 2. The molecule has 1 aliphatic rings. The fourth-order valence-corrected chi connectivity index (χ4v) is 5.13. The van der Waals surface area contributed by atoms with Crippen molar-refractivity contribution in [1.29, 1.82) is 0 Å². The molecular weight excluding hydrogens is 394 g/mol. The highest BCUT2D eigenvalue weighted by atomic mass is 32.1. The zero-order valence-corrected chi connectivity index (χ0v) is 18.5. The molecule has 0 saturated carbocycles. The smallest absolute Gasteiger partial charge is 0.270 e. The van der Waals surface area contributed by atoms with Crippen LogP contribution in [0.15, 0.2) is 47.8 Å². The Balaban J connectivity index is 1.32. The Morgan fingerprint density at radius 1 is 1.17 bits per heavy atom. The second-order valence-corrected chi connectivity index (χ2v) is 9.08. The molecule has 1 atom stereocenters. The standard InChI is InChI=1S/C24H29N3O2S/c1-3-19(15-17-7-5-4-6-8-17)25-23(28)18-9-12-27(13-10-18)24(29)21-16-22-20(26(21)2)11-14-30-22/h4-8,11,14,16,18-19H,3,9-10,12-13,15H2,1-2H3,(H,25,28)/t19-/m0/s1. The first kappa shape index (κ1) is 20.7. The van der Waals surface area contributed by atoms with Crippen LogP contribution in [0, 0.1) is 5.92 Å². The molecule has 2 amide bonds. The highest BCUT2D eigenvalue weighted by Gasteiger charge is 2.30. The van der Waals surface area contributed by atoms with Crippen molar-refractivity contribution >= 4 is 33.4 Å². The number of hydrogen-bond donors (Lipinski definition) is 1. The Labute approximate surface area is 181 Å². The van der Waals surface area contributed by atoms with E-state index in [1.54, 1.807) is 11.3 Å². The molecular formula is C24H29N3O2S. The number of nitrogens with one attached hydrogen (secondary N) is 1. The molecule has 158 valence electrons. The summed E-state index contributed by atoms with van der Waals surface area (Å²) in [6, 6.07) is 14.5. The van der Waals surface area contributed by atoms with Crippen LogP contribution in [0.25, 0.3) is 10.2 Å². The van der Waals surface area contributed by atoms with Gasteiger partial charge in [-0.1, -0.05) is 37.3 Å². The number of thiophene rings is 1. The van der Waals surface area contributed by atoms with Gasteiger partial charge in [-0.25, -0.2) is 0 Å². The number of carbonyl (C=O) groups is 2. The molecule has 1 saturated heterocycles. The summed E-state index contributed by atoms with van der Waals surface area (Å²) in [5, 5.41) is 5.28. The van der Waals surface area contributed by atoms with Gasteiger partial charge >= 0.3 is 0 Å². The number of aryl methyl sites for hydroxylation is 1. The van der Waals surface area contributed by atoms with E-state index in [0.717, 1.165) is 41.6 Å². The van der Waals surface area contributed by atoms with E-state index >= 15 is 0 Å². The van der Waals surface area contributed by atoms with Crippen molar-refractivity contribution in [3.05, 3.63) is 59.1 Å². The Bertz CT molecular complexity index is 1020. The number of carbonyl (C=O) groups excluding carboxylic acids is 2. The van der Waals surface area contributed by atoms with Crippen LogP contribution in [0.4, 0.5) is 0 Å². The summed E-state index contributed by atoms with van der Waals surface area (Å²) in [5.74, 6) is 0.176. The molecule has 1 N–H and O–H groups in total. The van der Waals surface area contributed by atoms with Gasteiger partial charge in [0.25, 0.3) is 5.91 Å². The van der Waals surface area contributed by atoms with Crippen LogP contribution in [0.2, 0.25) is 0 Å². The molecule has 2 aromatic heterocycles. The lowest BCUT2D eigenvalue weighted by atomic mass is 9.94. The first-order valence-corrected chi connectivity index (χ1v) is 11.6. The minimum atomic E-state index is -0.0178. The molecule has 30 heavy (non-hydrogen) atoms. The van der Waals surface area contributed by atoms with Crippen molar-refractivity contribution in [2.75, 3.05) is 13.1 Å². The lowest BCUT2D eigenvalue weighted by Crippen LogP contribution is -2.46. The maximum absolute atomic E-state index is 13.0. The predicted octanol–water partition coefficient (Wildman–Crippen LogP) is 4.23. The van der Waals surface area contributed by atoms with Crippen molar-refractivity contribution in [3.63, 3.8) is 0 Å². The Kier molecular flexibility index (Phi) is 6.23. The molecule has 1 aliphatic heterocycles. The monoisotopic (exact) mass is 423 g/mol. The minimum absolute atomic E-state index is 0.0178. The van der Waals surface area contributed by atoms with Crippen LogP contribution in [0.5, 0.6) is 0 Å². The van der Waals surface area contributed by atoms with Gasteiger partial charge in [-0.15, -0.1) is 11.3 Å². The molecule has 0 unspecified atom stereocenters. The van der Waals surface area contributed by atoms with E-state index in [0.29, 0.717) is 13.1 Å². The summed E-state index contributed by atoms with van der Waals surface area (Å²) in [6.07, 6.45) is 3.20. The van der Waals surface area contributed by atoms with E-state index < -0.39 is 0 Å². The van der Waals surface area contributed by atoms with Crippen molar-refractivity contribution in [2.45, 2.75) is 38.6 Å². The number of fused-ring (bicyclic) bond motifs is 1. The van der Waals surface area contributed by atoms with Gasteiger partial charge in [0.15, 0.2) is 0 Å². The number of hydrogen-bond acceptors (Lipinski definition) is 3. The number of rotatable bonds is 6. The van der Waals surface area contributed by atoms with Gasteiger partial charge in [-0.2, -0.15) is 0 Å². The molecule has 0 bridgehead atoms. The molecule has 0 radical (unpaired) electrons. The van der Waals surface area contributed by atoms with Crippen LogP contribution in [-0.2, 0) is 18.3 Å². The lowest BCUT2D eigenvalue weighted by molar-refractivity contribution is -0.127. The fourth-order valence-electron chi connectivity index (χ4n) is 4.28. The third kappa shape index (κ3) is 4.29. The zero-order chi connectivity index (χ0) is 21.1. The van der Waals surface area contributed by atoms with E-state index in [4.69, 9.17) is 0 Å². The topological polar surface area (TPSA) is 54.3 Å². The predicted molar refractivity (Wildman–Crippen MR) is 122 cm³/mol. The number of nitrogens with zero attached hydrogens (tertiary/aromatic N) is 2. The number of likely N-dealkylation sites (tertiary alicyclic amines) is 1. The second-order valence-electron chi connectivity index (χ2n) is 8.13. The van der Waals surface area contributed by atoms with Crippen molar-refractivity contribution in [1.82, 2.24) is 14.8 Å². The van der Waals surface area contributed by atoms with E-state index in [2.05, 4.69) is 24.4 Å². The third-order valence-corrected chi connectivity index (χ3v) is 7.05. The normalized spacial score (nSPS) is 16.0. The lowest BCUT2D eigenvalue weighted by Gasteiger charge is -2.32. The molecule has 0 aliphatic carbocycles. The summed E-state index contributed by atoms with van der Waals surface area (Å²) < 4.78 is 3.11. The van der Waals surface area contributed by atoms with Gasteiger partial charge in [0.05, 0.1) is 10.2 Å². The van der Waals surface area contributed by atoms with E-state index in [-0.39, 0.29) is 23.8 Å². The molecule has 0 spiro atoms. The Hall–Kier alpha value is -2.60. The summed E-state index contributed by atoms with van der Waals surface area (Å²) in [4.78, 5) is 27.7. The zero-order valence-electron chi connectivity index (χ0n) is 17.6. The average molecular weight is 424 g/mol. The second kappa shape index (κ2) is 9.04. The largest absolute Gasteiger partial charge is 0.353 e. The average Bonchev–Trinajstić information content (AvgIpc) is 3.36. The van der Waals surface area contributed by atoms with Gasteiger partial charge in [0, 0.05) is 32.1 Å². The van der Waals surface area contributed by atoms with Gasteiger partial charge in [-0.3, -0.25) is 9.59 Å². The molecule has 3 aromatic rings. The molecule has 1 aromatic carbocycles. The number of benzene rings is 1. The van der Waals surface area contributed by atoms with Crippen LogP contribution in [0.3, 0.4) is 0 Å². The van der Waals surface area contributed by atoms with Gasteiger partial charge in [0.2, 0.25) is 5.91 Å². The number of aromatic nitrogens is 1. The molecule has 1 fully saturated rings. The minimum Gasteiger partial charge on any atom is -0.353 e. The Morgan fingerprint density at radius 2 is 1.90 bits per heavy atom. The SMILES string of the molecule is CC[C@@H](Cc1ccccc1)NC(=O)C1CCN(C(=O)c2cc3sccc3n2C)CC1. The quantitative estimate of drug-likeness (QED) is 0.645. The third-order valence-electron chi connectivity index (χ3n) is 6.20. The van der Waals surface area contributed by atoms with Crippen molar-refractivity contribution < 1.29 is 9.59 Å². The van der Waals surface area contributed by atoms with Gasteiger partial charge in [-0.05, 0) is 48.8 Å². The molecule has 3 heterocycles. The van der Waals surface area contributed by atoms with Crippen LogP contribution < -0.4 is 5.32 Å². The summed E-state index contributed by atoms with van der Waals surface area (Å²) >= 11 is 1.65. The highest BCUT2D eigenvalue weighted by Crippen LogP contribution is 2.26. The molecule has 6 heteroatoms. The van der Waals surface area contributed by atoms with Crippen LogP contribution >= 0.6 is 11.3 Å². The van der Waals surface area contributed by atoms with E-state index in [1.807, 2.05) is 52.2 Å². The van der Waals surface area contributed by atoms with E-state index in [9.17, 15) is 9.59 Å². The summed E-state index contributed by atoms with van der Waals surface area (Å²) in [5.41, 5.74) is 3.07. The highest BCUT2D eigenvalue weighted by molar-refractivity contribution is 7.17. The van der Waals surface area contributed by atoms with Crippen molar-refractivity contribution in [2.24, 2.45) is 13.0 Å². The fraction of sp³-hybridized carbons (Fsp3) is 0.417. The summed E-state index contributed by atoms with van der Waals surface area (Å²) in [7, 11) is 1.94. The maximum Gasteiger partial charge on any atom is 0.270 e. The van der Waals surface area contributed by atoms with Gasteiger partial charge < -0.3 is 14.8 Å². The van der Waals surface area contributed by atoms with Crippen LogP contribution in [-0.4, -0.2) is 40.4 Å². The molecule has 4 rings (SSSR count). The van der Waals surface area contributed by atoms with Gasteiger partial charge in [0.1, 0.15) is 5.69 Å². The molecule has 5 nitrogen and oxygen atoms in total. The van der Waals surface area contributed by atoms with Crippen LogP contribution in [0.1, 0.15) is 42.2 Å². The summed E-state index contributed by atoms with van der Waals surface area (Å²) in [6.45, 7) is 3.37.